The quantitative estimate of drug-likeness (QED) is 0.300. The summed E-state index contributed by atoms with van der Waals surface area (Å²) in [6.07, 6.45) is 0.283. The monoisotopic (exact) mass is 615 g/mol. The third-order valence-corrected chi connectivity index (χ3v) is 9.04. The second kappa shape index (κ2) is 13.0. The second-order valence-electron chi connectivity index (χ2n) is 8.23. The van der Waals surface area contributed by atoms with E-state index in [1.54, 1.807) is 43.3 Å². The van der Waals surface area contributed by atoms with Gasteiger partial charge in [-0.2, -0.15) is 0 Å². The first kappa shape index (κ1) is 30.1. The van der Waals surface area contributed by atoms with Crippen LogP contribution in [0.4, 0.5) is 5.69 Å². The van der Waals surface area contributed by atoms with Crippen LogP contribution in [0.2, 0.25) is 20.1 Å². The third-order valence-electron chi connectivity index (χ3n) is 5.77. The maximum absolute atomic E-state index is 13.9. The Labute approximate surface area is 242 Å². The lowest BCUT2D eigenvalue weighted by Gasteiger charge is -2.33. The summed E-state index contributed by atoms with van der Waals surface area (Å²) in [5.74, 6) is -1.01. The van der Waals surface area contributed by atoms with Crippen LogP contribution in [0.5, 0.6) is 0 Å². The number of carbonyl (C=O) groups excluding carboxylic acids is 2. The van der Waals surface area contributed by atoms with Gasteiger partial charge in [0.05, 0.1) is 30.7 Å². The first-order valence-electron chi connectivity index (χ1n) is 11.5. The van der Waals surface area contributed by atoms with Crippen molar-refractivity contribution in [1.82, 2.24) is 10.2 Å². The number of benzene rings is 3. The number of hydrogen-bond donors (Lipinski definition) is 1. The Kier molecular flexibility index (Phi) is 10.3. The Bertz CT molecular complexity index is 1420. The van der Waals surface area contributed by atoms with Crippen molar-refractivity contribution in [3.05, 3.63) is 92.4 Å². The summed E-state index contributed by atoms with van der Waals surface area (Å²) in [7, 11) is -2.74. The number of anilines is 1. The van der Waals surface area contributed by atoms with Crippen LogP contribution in [0.25, 0.3) is 0 Å². The topological polar surface area (TPSA) is 86.8 Å². The number of halogens is 4. The van der Waals surface area contributed by atoms with Crippen LogP contribution in [0.1, 0.15) is 18.9 Å². The highest BCUT2D eigenvalue weighted by molar-refractivity contribution is 7.92. The highest BCUT2D eigenvalue weighted by atomic mass is 35.5. The first-order valence-corrected chi connectivity index (χ1v) is 14.4. The number of nitrogens with one attached hydrogen (secondary N) is 1. The van der Waals surface area contributed by atoms with Crippen molar-refractivity contribution < 1.29 is 18.0 Å². The van der Waals surface area contributed by atoms with Crippen LogP contribution in [0.3, 0.4) is 0 Å². The molecule has 0 aliphatic heterocycles. The van der Waals surface area contributed by atoms with Crippen molar-refractivity contribution in [2.24, 2.45) is 0 Å². The van der Waals surface area contributed by atoms with E-state index < -0.39 is 34.4 Å². The Morgan fingerprint density at radius 3 is 2.03 bits per heavy atom. The smallest absolute Gasteiger partial charge is 0.264 e. The van der Waals surface area contributed by atoms with E-state index in [1.807, 2.05) is 0 Å². The normalized spacial score (nSPS) is 12.1. The van der Waals surface area contributed by atoms with Gasteiger partial charge >= 0.3 is 0 Å². The lowest BCUT2D eigenvalue weighted by Crippen LogP contribution is -2.51. The van der Waals surface area contributed by atoms with E-state index in [0.29, 0.717) is 10.6 Å². The minimum atomic E-state index is -4.21. The summed E-state index contributed by atoms with van der Waals surface area (Å²) in [6.45, 7) is 1.14. The number of rotatable bonds is 10. The van der Waals surface area contributed by atoms with Gasteiger partial charge in [0.15, 0.2) is 0 Å². The molecule has 7 nitrogen and oxygen atoms in total. The number of hydrogen-bond acceptors (Lipinski definition) is 4. The molecule has 202 valence electrons. The van der Waals surface area contributed by atoms with E-state index in [2.05, 4.69) is 5.32 Å². The van der Waals surface area contributed by atoms with Gasteiger partial charge in [-0.1, -0.05) is 77.6 Å². The van der Waals surface area contributed by atoms with Gasteiger partial charge in [-0.25, -0.2) is 8.42 Å². The molecule has 0 aromatic heterocycles. The van der Waals surface area contributed by atoms with Crippen molar-refractivity contribution >= 4 is 73.9 Å². The summed E-state index contributed by atoms with van der Waals surface area (Å²) in [4.78, 5) is 27.9. The van der Waals surface area contributed by atoms with Gasteiger partial charge < -0.3 is 10.2 Å². The molecular weight excluding hydrogens is 592 g/mol. The van der Waals surface area contributed by atoms with Crippen LogP contribution in [-0.2, 0) is 26.2 Å². The summed E-state index contributed by atoms with van der Waals surface area (Å²) in [5.41, 5.74) is 0.751. The fraction of sp³-hybridized carbons (Fsp3) is 0.231. The Morgan fingerprint density at radius 2 is 1.47 bits per heavy atom. The number of likely N-dealkylation sites (N-methyl/N-ethyl adjacent to an activating group) is 1. The van der Waals surface area contributed by atoms with Crippen molar-refractivity contribution in [1.29, 1.82) is 0 Å². The van der Waals surface area contributed by atoms with Gasteiger partial charge in [-0.05, 0) is 54.4 Å². The molecule has 0 saturated carbocycles. The second-order valence-corrected chi connectivity index (χ2v) is 11.7. The SMILES string of the molecule is CC[C@H](C(=O)NC)N(Cc1ccc(Cl)c(Cl)c1)C(=O)CN(c1ccc(Cl)c(Cl)c1)S(=O)(=O)c1ccccc1. The lowest BCUT2D eigenvalue weighted by atomic mass is 10.1. The molecule has 0 radical (unpaired) electrons. The number of sulfonamides is 1. The average molecular weight is 617 g/mol. The van der Waals surface area contributed by atoms with Crippen molar-refractivity contribution in [3.63, 3.8) is 0 Å². The number of amides is 2. The fourth-order valence-corrected chi connectivity index (χ4v) is 5.85. The van der Waals surface area contributed by atoms with Crippen molar-refractivity contribution in [2.75, 3.05) is 17.9 Å². The number of carbonyl (C=O) groups is 2. The molecule has 3 rings (SSSR count). The molecule has 3 aromatic rings. The predicted molar refractivity (Wildman–Crippen MR) is 153 cm³/mol. The molecule has 0 bridgehead atoms. The van der Waals surface area contributed by atoms with Crippen LogP contribution in [0, 0.1) is 0 Å². The van der Waals surface area contributed by atoms with Crippen LogP contribution in [-0.4, -0.2) is 44.8 Å². The molecule has 1 atom stereocenters. The Balaban J connectivity index is 2.08. The van der Waals surface area contributed by atoms with E-state index in [4.69, 9.17) is 46.4 Å². The molecule has 1 N–H and O–H groups in total. The molecule has 2 amide bonds. The molecule has 3 aromatic carbocycles. The van der Waals surface area contributed by atoms with Gasteiger partial charge in [0.1, 0.15) is 12.6 Å². The lowest BCUT2D eigenvalue weighted by molar-refractivity contribution is -0.140. The van der Waals surface area contributed by atoms with E-state index in [0.717, 1.165) is 4.31 Å². The highest BCUT2D eigenvalue weighted by Gasteiger charge is 2.33. The largest absolute Gasteiger partial charge is 0.357 e. The van der Waals surface area contributed by atoms with E-state index in [1.165, 1.54) is 42.3 Å². The van der Waals surface area contributed by atoms with Crippen molar-refractivity contribution in [2.45, 2.75) is 30.8 Å². The fourth-order valence-electron chi connectivity index (χ4n) is 3.81. The zero-order valence-electron chi connectivity index (χ0n) is 20.5. The Hall–Kier alpha value is -2.49. The minimum Gasteiger partial charge on any atom is -0.357 e. The van der Waals surface area contributed by atoms with Gasteiger partial charge in [-0.3, -0.25) is 13.9 Å². The zero-order valence-corrected chi connectivity index (χ0v) is 24.3. The highest BCUT2D eigenvalue weighted by Crippen LogP contribution is 2.31. The standard InChI is InChI=1S/C26H25Cl4N3O4S/c1-3-24(26(35)31-2)32(15-17-9-11-20(27)22(29)13-17)25(34)16-33(18-10-12-21(28)23(30)14-18)38(36,37)19-7-5-4-6-8-19/h4-14,24H,3,15-16H2,1-2H3,(H,31,35)/t24-/m1/s1. The maximum atomic E-state index is 13.9. The molecule has 0 unspecified atom stereocenters. The van der Waals surface area contributed by atoms with E-state index >= 15 is 0 Å². The molecule has 0 spiro atoms. The van der Waals surface area contributed by atoms with Gasteiger partial charge in [-0.15, -0.1) is 0 Å². The van der Waals surface area contributed by atoms with Gasteiger partial charge in [0.25, 0.3) is 10.0 Å². The summed E-state index contributed by atoms with van der Waals surface area (Å²) < 4.78 is 28.4. The van der Waals surface area contributed by atoms with Crippen molar-refractivity contribution in [3.8, 4) is 0 Å². The molecule has 0 saturated heterocycles. The summed E-state index contributed by atoms with van der Waals surface area (Å²) >= 11 is 24.5. The third kappa shape index (κ3) is 6.93. The zero-order chi connectivity index (χ0) is 28.0. The molecule has 0 fully saturated rings. The summed E-state index contributed by atoms with van der Waals surface area (Å²) in [5, 5.41) is 3.54. The van der Waals surface area contributed by atoms with E-state index in [-0.39, 0.29) is 38.6 Å². The van der Waals surface area contributed by atoms with Crippen LogP contribution < -0.4 is 9.62 Å². The Morgan fingerprint density at radius 1 is 0.868 bits per heavy atom. The maximum Gasteiger partial charge on any atom is 0.264 e. The molecule has 0 aliphatic carbocycles. The van der Waals surface area contributed by atoms with Crippen LogP contribution in [0.15, 0.2) is 71.6 Å². The van der Waals surface area contributed by atoms with Gasteiger partial charge in [0, 0.05) is 13.6 Å². The van der Waals surface area contributed by atoms with E-state index in [9.17, 15) is 18.0 Å². The average Bonchev–Trinajstić information content (AvgIpc) is 2.90. The molecule has 0 heterocycles. The molecular formula is C26H25Cl4N3O4S. The number of nitrogens with zero attached hydrogens (tertiary/aromatic N) is 2. The first-order chi connectivity index (χ1) is 18.0. The van der Waals surface area contributed by atoms with Crippen LogP contribution >= 0.6 is 46.4 Å². The molecule has 12 heteroatoms. The minimum absolute atomic E-state index is 0.0117. The van der Waals surface area contributed by atoms with Gasteiger partial charge in [0.2, 0.25) is 11.8 Å². The molecule has 38 heavy (non-hydrogen) atoms. The predicted octanol–water partition coefficient (Wildman–Crippen LogP) is 6.05. The summed E-state index contributed by atoms with van der Waals surface area (Å²) in [6, 6.07) is 16.0. The molecule has 0 aliphatic rings.